The van der Waals surface area contributed by atoms with Gasteiger partial charge in [-0.25, -0.2) is 18.6 Å². The first-order valence-electron chi connectivity index (χ1n) is 13.3. The van der Waals surface area contributed by atoms with Crippen molar-refractivity contribution in [2.24, 2.45) is 11.1 Å². The van der Waals surface area contributed by atoms with Crippen LogP contribution in [0.2, 0.25) is 0 Å². The molecule has 0 bridgehead atoms. The number of piperidine rings is 1. The Bertz CT molecular complexity index is 1770. The number of nitrogens with zero attached hydrogens (tertiary/aromatic N) is 6. The Morgan fingerprint density at radius 1 is 1.16 bits per heavy atom. The molecule has 1 fully saturated rings. The first-order valence-corrected chi connectivity index (χ1v) is 13.3. The minimum absolute atomic E-state index is 0.00963. The number of anilines is 1. The lowest BCUT2D eigenvalue weighted by Gasteiger charge is -2.32. The van der Waals surface area contributed by atoms with E-state index in [1.54, 1.807) is 6.07 Å². The van der Waals surface area contributed by atoms with Crippen molar-refractivity contribution >= 4 is 22.7 Å². The number of aliphatic hydroxyl groups is 1. The smallest absolute Gasteiger partial charge is 0.336 e. The first-order chi connectivity index (χ1) is 20.8. The molecule has 5 N–H and O–H groups in total. The number of carboxylic acids is 1. The van der Waals surface area contributed by atoms with Gasteiger partial charge in [0, 0.05) is 41.9 Å². The molecule has 4 aromatic rings. The van der Waals surface area contributed by atoms with Crippen LogP contribution in [0.5, 0.6) is 0 Å². The highest BCUT2D eigenvalue weighted by atomic mass is 19.1. The fourth-order valence-corrected chi connectivity index (χ4v) is 5.06. The lowest BCUT2D eigenvalue weighted by Crippen LogP contribution is -2.40. The second kappa shape index (κ2) is 12.7. The van der Waals surface area contributed by atoms with Gasteiger partial charge in [-0.15, -0.1) is 10.0 Å². The molecule has 12 nitrogen and oxygen atoms in total. The maximum Gasteiger partial charge on any atom is 0.336 e. The number of aromatic carboxylic acids is 1. The van der Waals surface area contributed by atoms with Crippen LogP contribution in [0.15, 0.2) is 41.7 Å². The normalized spacial score (nSPS) is 13.7. The maximum absolute atomic E-state index is 15.9. The van der Waals surface area contributed by atoms with Gasteiger partial charge in [-0.1, -0.05) is 6.07 Å². The number of halogens is 3. The van der Waals surface area contributed by atoms with Crippen molar-refractivity contribution in [1.29, 1.82) is 5.26 Å². The topological polar surface area (TPSA) is 191 Å². The third kappa shape index (κ3) is 6.61. The summed E-state index contributed by atoms with van der Waals surface area (Å²) >= 11 is 0. The van der Waals surface area contributed by atoms with Gasteiger partial charge < -0.3 is 26.1 Å². The summed E-state index contributed by atoms with van der Waals surface area (Å²) in [5, 5.41) is 41.2. The lowest BCUT2D eigenvalue weighted by molar-refractivity contribution is 0.0585. The zero-order chi connectivity index (χ0) is 32.3. The summed E-state index contributed by atoms with van der Waals surface area (Å²) in [6.07, 6.45) is 1.29. The largest absolute Gasteiger partial charge is 0.478 e. The van der Waals surface area contributed by atoms with Gasteiger partial charge in [-0.05, 0) is 51.0 Å². The molecule has 0 atom stereocenters. The molecule has 0 saturated carbocycles. The second-order valence-electron chi connectivity index (χ2n) is 10.9. The van der Waals surface area contributed by atoms with Gasteiger partial charge in [-0.2, -0.15) is 9.65 Å². The average Bonchev–Trinajstić information content (AvgIpc) is 3.24. The van der Waals surface area contributed by atoms with Gasteiger partial charge in [0.1, 0.15) is 23.5 Å². The van der Waals surface area contributed by atoms with Crippen LogP contribution < -0.4 is 10.6 Å². The van der Waals surface area contributed by atoms with Gasteiger partial charge in [0.2, 0.25) is 5.95 Å². The second-order valence-corrected chi connectivity index (χ2v) is 10.9. The van der Waals surface area contributed by atoms with Crippen molar-refractivity contribution in [3.8, 4) is 28.5 Å². The number of aromatic nitrogens is 3. The fourth-order valence-electron chi connectivity index (χ4n) is 5.06. The molecule has 0 aliphatic carbocycles. The molecule has 0 spiro atoms. The van der Waals surface area contributed by atoms with Crippen LogP contribution in [-0.2, 0) is 6.54 Å². The van der Waals surface area contributed by atoms with Crippen LogP contribution in [0.4, 0.5) is 19.0 Å². The third-order valence-corrected chi connectivity index (χ3v) is 7.06. The number of pyridine rings is 1. The van der Waals surface area contributed by atoms with E-state index in [9.17, 15) is 24.7 Å². The Balaban J connectivity index is 0.00000141. The molecule has 1 aliphatic heterocycles. The minimum Gasteiger partial charge on any atom is -0.478 e. The molecule has 2 aromatic heterocycles. The van der Waals surface area contributed by atoms with Gasteiger partial charge in [0.25, 0.3) is 0 Å². The lowest BCUT2D eigenvalue weighted by atomic mass is 9.92. The monoisotopic (exact) mass is 611 g/mol. The van der Waals surface area contributed by atoms with Crippen LogP contribution >= 0.6 is 0 Å². The molecule has 2 aromatic carbocycles. The minimum atomic E-state index is -1.40. The Kier molecular flexibility index (Phi) is 9.16. The summed E-state index contributed by atoms with van der Waals surface area (Å²) in [5.74, 6) is -3.82. The van der Waals surface area contributed by atoms with Crippen molar-refractivity contribution in [1.82, 2.24) is 14.8 Å². The molecule has 5 rings (SSSR count). The molecule has 15 heteroatoms. The molecule has 230 valence electrons. The molecule has 0 unspecified atom stereocenters. The highest BCUT2D eigenvalue weighted by molar-refractivity contribution is 6.03. The molecule has 0 amide bonds. The molecule has 3 heterocycles. The Labute approximate surface area is 248 Å². The number of fused-ring (bicyclic) bond motifs is 1. The summed E-state index contributed by atoms with van der Waals surface area (Å²) in [5.41, 5.74) is 3.83. The molecular formula is C29H28F3N7O5. The van der Waals surface area contributed by atoms with Crippen molar-refractivity contribution in [3.63, 3.8) is 0 Å². The third-order valence-electron chi connectivity index (χ3n) is 7.06. The van der Waals surface area contributed by atoms with E-state index in [4.69, 9.17) is 15.8 Å². The van der Waals surface area contributed by atoms with E-state index in [1.807, 2.05) is 4.90 Å². The summed E-state index contributed by atoms with van der Waals surface area (Å²) in [6, 6.07) is 8.85. The number of carbonyl (C=O) groups is 1. The van der Waals surface area contributed by atoms with Gasteiger partial charge in [0.05, 0.1) is 39.9 Å². The SMILES string of the molecule is CC(C)(O)Cn1nc(F)c2cc(-c3c(C(=O)O)cc(N4CCC(N)CC4)nc3-c3ccc(C#N)c(F)c3)c(F)cc21.O=NO. The molecule has 44 heavy (non-hydrogen) atoms. The summed E-state index contributed by atoms with van der Waals surface area (Å²) in [4.78, 5) is 27.2. The summed E-state index contributed by atoms with van der Waals surface area (Å²) < 4.78 is 46.8. The summed E-state index contributed by atoms with van der Waals surface area (Å²) in [6.45, 7) is 3.86. The van der Waals surface area contributed by atoms with Crippen LogP contribution in [0.3, 0.4) is 0 Å². The number of hydrogen-bond acceptors (Lipinski definition) is 9. The van der Waals surface area contributed by atoms with E-state index >= 15 is 8.78 Å². The van der Waals surface area contributed by atoms with Crippen molar-refractivity contribution in [2.75, 3.05) is 18.0 Å². The van der Waals surface area contributed by atoms with Crippen LogP contribution in [0.1, 0.15) is 42.6 Å². The Morgan fingerprint density at radius 2 is 1.82 bits per heavy atom. The van der Waals surface area contributed by atoms with E-state index in [0.717, 1.165) is 22.9 Å². The van der Waals surface area contributed by atoms with Crippen LogP contribution in [0.25, 0.3) is 33.3 Å². The summed E-state index contributed by atoms with van der Waals surface area (Å²) in [7, 11) is 0. The number of hydrogen-bond donors (Lipinski definition) is 4. The number of nitriles is 1. The zero-order valence-corrected chi connectivity index (χ0v) is 23.6. The van der Waals surface area contributed by atoms with E-state index in [-0.39, 0.29) is 62.8 Å². The Morgan fingerprint density at radius 3 is 2.39 bits per heavy atom. The molecule has 1 aliphatic rings. The van der Waals surface area contributed by atoms with E-state index in [1.165, 1.54) is 37.4 Å². The first kappa shape index (κ1) is 31.9. The number of carboxylic acid groups (broad SMARTS) is 1. The van der Waals surface area contributed by atoms with Crippen molar-refractivity contribution < 1.29 is 33.4 Å². The van der Waals surface area contributed by atoms with Crippen LogP contribution in [-0.4, -0.2) is 60.9 Å². The molecule has 0 radical (unpaired) electrons. The highest BCUT2D eigenvalue weighted by Gasteiger charge is 2.28. The van der Waals surface area contributed by atoms with Gasteiger partial charge in [0.15, 0.2) is 5.34 Å². The van der Waals surface area contributed by atoms with E-state index < -0.39 is 29.2 Å². The van der Waals surface area contributed by atoms with E-state index in [0.29, 0.717) is 25.9 Å². The van der Waals surface area contributed by atoms with Gasteiger partial charge >= 0.3 is 5.97 Å². The fraction of sp³-hybridized carbons (Fsp3) is 0.310. The number of nitrogens with two attached hydrogens (primary N) is 1. The average molecular weight is 612 g/mol. The molecule has 1 saturated heterocycles. The quantitative estimate of drug-likeness (QED) is 0.177. The highest BCUT2D eigenvalue weighted by Crippen LogP contribution is 2.40. The van der Waals surface area contributed by atoms with E-state index in [2.05, 4.69) is 10.1 Å². The standard InChI is InChI=1S/C29H27F3N6O3.HNO2/c1-29(2,41)14-38-23-12-22(31)18(10-19(23)27(32)36-38)25-20(28(39)40)11-24(37-7-5-17(34)6-8-37)35-26(25)15-3-4-16(13-33)21(30)9-15;2-1-3/h3-4,9-12,17,41H,5-8,14,34H2,1-2H3,(H,39,40);(H,2,3). The Hall–Kier alpha value is -5.07. The van der Waals surface area contributed by atoms with Crippen molar-refractivity contribution in [3.05, 3.63) is 70.0 Å². The predicted molar refractivity (Wildman–Crippen MR) is 153 cm³/mol. The zero-order valence-electron chi connectivity index (χ0n) is 23.6. The molecular weight excluding hydrogens is 583 g/mol. The predicted octanol–water partition coefficient (Wildman–Crippen LogP) is 4.59. The van der Waals surface area contributed by atoms with Crippen molar-refractivity contribution in [2.45, 2.75) is 44.9 Å². The number of benzene rings is 2. The van der Waals surface area contributed by atoms with Gasteiger partial charge in [-0.3, -0.25) is 4.68 Å². The van der Waals surface area contributed by atoms with Crippen LogP contribution in [0, 0.1) is 33.8 Å². The maximum atomic E-state index is 15.9. The number of rotatable bonds is 6.